The summed E-state index contributed by atoms with van der Waals surface area (Å²) in [6, 6.07) is 15.1. The number of urea groups is 1. The maximum absolute atomic E-state index is 12.1. The molecule has 0 radical (unpaired) electrons. The van der Waals surface area contributed by atoms with E-state index in [1.54, 1.807) is 36.4 Å². The van der Waals surface area contributed by atoms with Gasteiger partial charge in [0.05, 0.1) is 18.8 Å². The average Bonchev–Trinajstić information content (AvgIpc) is 2.74. The fraction of sp³-hybridized carbons (Fsp3) is 0.286. The van der Waals surface area contributed by atoms with Crippen molar-refractivity contribution >= 4 is 23.6 Å². The van der Waals surface area contributed by atoms with Gasteiger partial charge in [-0.1, -0.05) is 30.3 Å². The molecule has 29 heavy (non-hydrogen) atoms. The Hall–Kier alpha value is -3.23. The van der Waals surface area contributed by atoms with Crippen molar-refractivity contribution in [1.29, 1.82) is 0 Å². The molecule has 1 fully saturated rings. The molecule has 0 aliphatic carbocycles. The number of carbonyl (C=O) groups excluding carboxylic acids is 3. The van der Waals surface area contributed by atoms with Crippen LogP contribution in [-0.4, -0.2) is 55.7 Å². The van der Waals surface area contributed by atoms with Crippen LogP contribution in [0.15, 0.2) is 54.6 Å². The minimum atomic E-state index is -0.712. The van der Waals surface area contributed by atoms with Crippen molar-refractivity contribution in [3.63, 3.8) is 0 Å². The Morgan fingerprint density at radius 3 is 2.34 bits per heavy atom. The summed E-state index contributed by atoms with van der Waals surface area (Å²) in [6.45, 7) is 3.48. The van der Waals surface area contributed by atoms with Crippen molar-refractivity contribution in [2.45, 2.75) is 6.54 Å². The van der Waals surface area contributed by atoms with Crippen molar-refractivity contribution in [2.24, 2.45) is 0 Å². The summed E-state index contributed by atoms with van der Waals surface area (Å²) in [6.07, 6.45) is 0. The Kier molecular flexibility index (Phi) is 7.32. The monoisotopic (exact) mass is 397 g/mol. The third-order valence-corrected chi connectivity index (χ3v) is 4.32. The molecule has 1 saturated heterocycles. The number of para-hydroxylation sites is 1. The fourth-order valence-electron chi connectivity index (χ4n) is 2.82. The number of imide groups is 1. The van der Waals surface area contributed by atoms with Crippen molar-refractivity contribution in [3.8, 4) is 0 Å². The Morgan fingerprint density at radius 1 is 0.966 bits per heavy atom. The molecule has 0 saturated carbocycles. The molecular formula is C21H23N3O5. The van der Waals surface area contributed by atoms with E-state index in [-0.39, 0.29) is 0 Å². The molecule has 152 valence electrons. The normalized spacial score (nSPS) is 14.1. The van der Waals surface area contributed by atoms with E-state index in [2.05, 4.69) is 15.5 Å². The largest absolute Gasteiger partial charge is 0.452 e. The van der Waals surface area contributed by atoms with Crippen molar-refractivity contribution in [1.82, 2.24) is 10.2 Å². The molecule has 0 unspecified atom stereocenters. The number of nitrogens with one attached hydrogen (secondary N) is 2. The quantitative estimate of drug-likeness (QED) is 0.724. The summed E-state index contributed by atoms with van der Waals surface area (Å²) in [7, 11) is 0. The highest BCUT2D eigenvalue weighted by Crippen LogP contribution is 2.10. The number of amides is 3. The standard InChI is InChI=1S/C21H23N3O5/c25-19(23-21(27)22-18-4-2-1-3-5-18)15-29-20(26)17-8-6-16(7-9-17)14-24-10-12-28-13-11-24/h1-9H,10-15H2,(H2,22,23,25,27). The topological polar surface area (TPSA) is 97.0 Å². The van der Waals surface area contributed by atoms with E-state index in [9.17, 15) is 14.4 Å². The maximum atomic E-state index is 12.1. The first-order valence-electron chi connectivity index (χ1n) is 9.32. The zero-order chi connectivity index (χ0) is 20.5. The second-order valence-electron chi connectivity index (χ2n) is 6.53. The number of carbonyl (C=O) groups is 3. The Bertz CT molecular complexity index is 833. The molecule has 2 N–H and O–H groups in total. The van der Waals surface area contributed by atoms with E-state index >= 15 is 0 Å². The molecule has 1 heterocycles. The van der Waals surface area contributed by atoms with Gasteiger partial charge in [0.25, 0.3) is 5.91 Å². The highest BCUT2D eigenvalue weighted by atomic mass is 16.5. The van der Waals surface area contributed by atoms with Crippen LogP contribution in [0.3, 0.4) is 0 Å². The van der Waals surface area contributed by atoms with Gasteiger partial charge < -0.3 is 14.8 Å². The van der Waals surface area contributed by atoms with E-state index in [1.165, 1.54) is 0 Å². The molecule has 2 aromatic carbocycles. The van der Waals surface area contributed by atoms with Gasteiger partial charge in [-0.25, -0.2) is 9.59 Å². The molecule has 0 spiro atoms. The minimum absolute atomic E-state index is 0.345. The van der Waals surface area contributed by atoms with Crippen LogP contribution < -0.4 is 10.6 Å². The van der Waals surface area contributed by atoms with E-state index in [4.69, 9.17) is 9.47 Å². The van der Waals surface area contributed by atoms with Crippen LogP contribution in [0.5, 0.6) is 0 Å². The predicted molar refractivity (Wildman–Crippen MR) is 106 cm³/mol. The zero-order valence-electron chi connectivity index (χ0n) is 15.9. The molecule has 3 amide bonds. The first-order valence-corrected chi connectivity index (χ1v) is 9.32. The second-order valence-corrected chi connectivity index (χ2v) is 6.53. The lowest BCUT2D eigenvalue weighted by molar-refractivity contribution is -0.123. The molecule has 0 aromatic heterocycles. The smallest absolute Gasteiger partial charge is 0.338 e. The number of morpholine rings is 1. The zero-order valence-corrected chi connectivity index (χ0v) is 15.9. The van der Waals surface area contributed by atoms with Gasteiger partial charge in [-0.05, 0) is 29.8 Å². The predicted octanol–water partition coefficient (Wildman–Crippen LogP) is 2.02. The molecule has 0 bridgehead atoms. The molecule has 3 rings (SSSR count). The van der Waals surface area contributed by atoms with Gasteiger partial charge in [-0.3, -0.25) is 15.0 Å². The third-order valence-electron chi connectivity index (χ3n) is 4.32. The summed E-state index contributed by atoms with van der Waals surface area (Å²) in [5.41, 5.74) is 1.98. The summed E-state index contributed by atoms with van der Waals surface area (Å²) < 4.78 is 10.3. The van der Waals surface area contributed by atoms with Crippen LogP contribution in [0.2, 0.25) is 0 Å². The van der Waals surface area contributed by atoms with Crippen molar-refractivity contribution in [2.75, 3.05) is 38.2 Å². The van der Waals surface area contributed by atoms with E-state index in [0.717, 1.165) is 38.4 Å². The average molecular weight is 397 g/mol. The lowest BCUT2D eigenvalue weighted by Crippen LogP contribution is -2.37. The Balaban J connectivity index is 1.41. The first kappa shape index (κ1) is 20.5. The Morgan fingerprint density at radius 2 is 1.66 bits per heavy atom. The Labute approximate surface area is 168 Å². The van der Waals surface area contributed by atoms with E-state index < -0.39 is 24.5 Å². The van der Waals surface area contributed by atoms with E-state index in [1.807, 2.05) is 18.2 Å². The van der Waals surface area contributed by atoms with Gasteiger partial charge in [0.2, 0.25) is 0 Å². The second kappa shape index (κ2) is 10.4. The molecule has 2 aromatic rings. The molecule has 8 heteroatoms. The third kappa shape index (κ3) is 6.70. The van der Waals surface area contributed by atoms with Crippen LogP contribution in [0.4, 0.5) is 10.5 Å². The van der Waals surface area contributed by atoms with Gasteiger partial charge in [-0.15, -0.1) is 0 Å². The summed E-state index contributed by atoms with van der Waals surface area (Å²) in [5, 5.41) is 4.62. The van der Waals surface area contributed by atoms with Crippen LogP contribution in [-0.2, 0) is 20.8 Å². The highest BCUT2D eigenvalue weighted by Gasteiger charge is 2.14. The van der Waals surface area contributed by atoms with Crippen LogP contribution in [0.1, 0.15) is 15.9 Å². The molecule has 1 aliphatic rings. The molecule has 0 atom stereocenters. The number of benzene rings is 2. The lowest BCUT2D eigenvalue weighted by atomic mass is 10.1. The number of hydrogen-bond acceptors (Lipinski definition) is 6. The van der Waals surface area contributed by atoms with Crippen LogP contribution in [0, 0.1) is 0 Å². The number of esters is 1. The number of hydrogen-bond donors (Lipinski definition) is 2. The number of anilines is 1. The number of ether oxygens (including phenoxy) is 2. The summed E-state index contributed by atoms with van der Waals surface area (Å²) in [4.78, 5) is 37.9. The molecule has 1 aliphatic heterocycles. The molecule has 8 nitrogen and oxygen atoms in total. The summed E-state index contributed by atoms with van der Waals surface area (Å²) in [5.74, 6) is -1.34. The minimum Gasteiger partial charge on any atom is -0.452 e. The first-order chi connectivity index (χ1) is 14.1. The van der Waals surface area contributed by atoms with Crippen molar-refractivity contribution in [3.05, 3.63) is 65.7 Å². The van der Waals surface area contributed by atoms with E-state index in [0.29, 0.717) is 11.3 Å². The van der Waals surface area contributed by atoms with Gasteiger partial charge in [0, 0.05) is 25.3 Å². The fourth-order valence-corrected chi connectivity index (χ4v) is 2.82. The van der Waals surface area contributed by atoms with Gasteiger partial charge in [0.15, 0.2) is 6.61 Å². The SMILES string of the molecule is O=C(COC(=O)c1ccc(CN2CCOCC2)cc1)NC(=O)Nc1ccccc1. The van der Waals surface area contributed by atoms with Gasteiger partial charge in [0.1, 0.15) is 0 Å². The lowest BCUT2D eigenvalue weighted by Gasteiger charge is -2.26. The maximum Gasteiger partial charge on any atom is 0.338 e. The summed E-state index contributed by atoms with van der Waals surface area (Å²) >= 11 is 0. The van der Waals surface area contributed by atoms with Crippen LogP contribution in [0.25, 0.3) is 0 Å². The number of rotatable bonds is 6. The van der Waals surface area contributed by atoms with Crippen LogP contribution >= 0.6 is 0 Å². The number of nitrogens with zero attached hydrogens (tertiary/aromatic N) is 1. The van der Waals surface area contributed by atoms with Gasteiger partial charge >= 0.3 is 12.0 Å². The molecular weight excluding hydrogens is 374 g/mol. The van der Waals surface area contributed by atoms with Crippen molar-refractivity contribution < 1.29 is 23.9 Å². The highest BCUT2D eigenvalue weighted by molar-refractivity contribution is 6.02. The van der Waals surface area contributed by atoms with Gasteiger partial charge in [-0.2, -0.15) is 0 Å².